The Kier molecular flexibility index (Phi) is 4.72. The number of rotatable bonds is 5. The quantitative estimate of drug-likeness (QED) is 0.693. The Bertz CT molecular complexity index is 847. The molecule has 1 amide bonds. The Morgan fingerprint density at radius 2 is 1.74 bits per heavy atom. The van der Waals surface area contributed by atoms with Crippen LogP contribution in [0.15, 0.2) is 47.6 Å². The van der Waals surface area contributed by atoms with Gasteiger partial charge in [0.2, 0.25) is 5.91 Å². The van der Waals surface area contributed by atoms with Crippen molar-refractivity contribution in [2.45, 2.75) is 11.8 Å². The van der Waals surface area contributed by atoms with E-state index in [1.54, 1.807) is 0 Å². The molecule has 0 radical (unpaired) electrons. The molecule has 120 valence electrons. The number of aromatic carboxylic acids is 1. The number of amides is 1. The molecule has 8 nitrogen and oxygen atoms in total. The number of hydrogen-bond acceptors (Lipinski definition) is 5. The number of nitrogens with one attached hydrogen (secondary N) is 2. The highest BCUT2D eigenvalue weighted by atomic mass is 32.2. The summed E-state index contributed by atoms with van der Waals surface area (Å²) in [5.41, 5.74) is 3.19. The molecular weight excluding hydrogens is 322 g/mol. The van der Waals surface area contributed by atoms with Gasteiger partial charge in [-0.1, -0.05) is 12.1 Å². The standard InChI is InChI=1S/C14H13N3O5S/c1-9(18)16-17-23(21,22)13-4-2-10(3-5-13)11-6-12(14(19)20)8-15-7-11/h2-8,17H,1H3,(H,16,18)(H,19,20). The van der Waals surface area contributed by atoms with Crippen molar-refractivity contribution in [1.29, 1.82) is 0 Å². The lowest BCUT2D eigenvalue weighted by Crippen LogP contribution is -2.40. The summed E-state index contributed by atoms with van der Waals surface area (Å²) >= 11 is 0. The zero-order valence-corrected chi connectivity index (χ0v) is 12.8. The molecular formula is C14H13N3O5S. The van der Waals surface area contributed by atoms with Crippen LogP contribution in [0.5, 0.6) is 0 Å². The highest BCUT2D eigenvalue weighted by Gasteiger charge is 2.14. The van der Waals surface area contributed by atoms with Gasteiger partial charge in [0.25, 0.3) is 10.0 Å². The summed E-state index contributed by atoms with van der Waals surface area (Å²) in [4.78, 5) is 27.4. The first kappa shape index (κ1) is 16.6. The fourth-order valence-electron chi connectivity index (χ4n) is 1.74. The fourth-order valence-corrected chi connectivity index (χ4v) is 2.63. The van der Waals surface area contributed by atoms with Crippen LogP contribution >= 0.6 is 0 Å². The topological polar surface area (TPSA) is 125 Å². The minimum absolute atomic E-state index is 0.0338. The van der Waals surface area contributed by atoms with E-state index in [4.69, 9.17) is 5.11 Å². The normalized spacial score (nSPS) is 11.0. The molecule has 23 heavy (non-hydrogen) atoms. The Morgan fingerprint density at radius 1 is 1.09 bits per heavy atom. The minimum atomic E-state index is -3.87. The second kappa shape index (κ2) is 6.55. The van der Waals surface area contributed by atoms with Crippen LogP contribution < -0.4 is 10.3 Å². The summed E-state index contributed by atoms with van der Waals surface area (Å²) < 4.78 is 23.8. The van der Waals surface area contributed by atoms with Gasteiger partial charge in [0.1, 0.15) is 0 Å². The van der Waals surface area contributed by atoms with Crippen molar-refractivity contribution in [2.75, 3.05) is 0 Å². The number of carbonyl (C=O) groups is 2. The zero-order valence-electron chi connectivity index (χ0n) is 12.0. The first-order chi connectivity index (χ1) is 10.8. The summed E-state index contributed by atoms with van der Waals surface area (Å²) in [6, 6.07) is 7.16. The van der Waals surface area contributed by atoms with E-state index >= 15 is 0 Å². The van der Waals surface area contributed by atoms with E-state index in [0.29, 0.717) is 11.1 Å². The van der Waals surface area contributed by atoms with E-state index in [9.17, 15) is 18.0 Å². The van der Waals surface area contributed by atoms with Crippen LogP contribution in [0.25, 0.3) is 11.1 Å². The number of carbonyl (C=O) groups excluding carboxylic acids is 1. The van der Waals surface area contributed by atoms with Crippen molar-refractivity contribution in [3.63, 3.8) is 0 Å². The van der Waals surface area contributed by atoms with Gasteiger partial charge in [-0.25, -0.2) is 13.2 Å². The molecule has 0 unspecified atom stereocenters. The molecule has 0 atom stereocenters. The van der Waals surface area contributed by atoms with Gasteiger partial charge in [0, 0.05) is 24.9 Å². The maximum Gasteiger partial charge on any atom is 0.337 e. The third-order valence-corrected chi connectivity index (χ3v) is 4.11. The Hall–Kier alpha value is -2.78. The third-order valence-electron chi connectivity index (χ3n) is 2.84. The number of pyridine rings is 1. The lowest BCUT2D eigenvalue weighted by Gasteiger charge is -2.08. The maximum atomic E-state index is 11.9. The molecule has 0 saturated heterocycles. The summed E-state index contributed by atoms with van der Waals surface area (Å²) in [5, 5.41) is 8.95. The molecule has 0 aliphatic heterocycles. The molecule has 0 fully saturated rings. The molecule has 0 aliphatic carbocycles. The molecule has 9 heteroatoms. The van der Waals surface area contributed by atoms with Crippen LogP contribution in [0.4, 0.5) is 0 Å². The number of nitrogens with zero attached hydrogens (tertiary/aromatic N) is 1. The summed E-state index contributed by atoms with van der Waals surface area (Å²) in [7, 11) is -3.87. The van der Waals surface area contributed by atoms with Gasteiger partial charge in [0.05, 0.1) is 10.5 Å². The fraction of sp³-hybridized carbons (Fsp3) is 0.0714. The number of carboxylic acids is 1. The predicted molar refractivity (Wildman–Crippen MR) is 80.8 cm³/mol. The van der Waals surface area contributed by atoms with E-state index in [1.807, 2.05) is 10.3 Å². The van der Waals surface area contributed by atoms with Crippen LogP contribution in [0, 0.1) is 0 Å². The smallest absolute Gasteiger partial charge is 0.337 e. The van der Waals surface area contributed by atoms with E-state index in [2.05, 4.69) is 4.98 Å². The highest BCUT2D eigenvalue weighted by molar-refractivity contribution is 7.89. The van der Waals surface area contributed by atoms with Crippen molar-refractivity contribution >= 4 is 21.9 Å². The van der Waals surface area contributed by atoms with E-state index in [1.165, 1.54) is 49.6 Å². The van der Waals surface area contributed by atoms with Gasteiger partial charge >= 0.3 is 5.97 Å². The lowest BCUT2D eigenvalue weighted by molar-refractivity contribution is -0.119. The van der Waals surface area contributed by atoms with Gasteiger partial charge in [-0.2, -0.15) is 0 Å². The van der Waals surface area contributed by atoms with Crippen LogP contribution in [0.3, 0.4) is 0 Å². The first-order valence-electron chi connectivity index (χ1n) is 6.37. The van der Waals surface area contributed by atoms with Gasteiger partial charge in [0.15, 0.2) is 0 Å². The van der Waals surface area contributed by atoms with Crippen molar-refractivity contribution in [3.8, 4) is 11.1 Å². The monoisotopic (exact) mass is 335 g/mol. The molecule has 0 saturated carbocycles. The lowest BCUT2D eigenvalue weighted by atomic mass is 10.1. The summed E-state index contributed by atoms with van der Waals surface area (Å²) in [6.45, 7) is 1.17. The van der Waals surface area contributed by atoms with Gasteiger partial charge in [-0.3, -0.25) is 15.2 Å². The van der Waals surface area contributed by atoms with Crippen LogP contribution in [-0.2, 0) is 14.8 Å². The molecule has 2 aromatic rings. The second-order valence-electron chi connectivity index (χ2n) is 4.58. The molecule has 0 aliphatic rings. The number of aromatic nitrogens is 1. The Labute approximate surface area is 132 Å². The Morgan fingerprint density at radius 3 is 2.30 bits per heavy atom. The average Bonchev–Trinajstić information content (AvgIpc) is 2.53. The number of sulfonamides is 1. The van der Waals surface area contributed by atoms with E-state index < -0.39 is 21.9 Å². The van der Waals surface area contributed by atoms with Crippen LogP contribution in [-0.4, -0.2) is 30.4 Å². The Balaban J connectivity index is 2.27. The molecule has 3 N–H and O–H groups in total. The summed E-state index contributed by atoms with van der Waals surface area (Å²) in [6.07, 6.45) is 2.70. The SMILES string of the molecule is CC(=O)NNS(=O)(=O)c1ccc(-c2cncc(C(=O)O)c2)cc1. The van der Waals surface area contributed by atoms with Crippen molar-refractivity contribution < 1.29 is 23.1 Å². The number of carboxylic acid groups (broad SMARTS) is 1. The van der Waals surface area contributed by atoms with Gasteiger partial charge in [-0.15, -0.1) is 4.83 Å². The number of hydrogen-bond donors (Lipinski definition) is 3. The molecule has 0 spiro atoms. The molecule has 1 heterocycles. The van der Waals surface area contributed by atoms with Crippen molar-refractivity contribution in [1.82, 2.24) is 15.2 Å². The molecule has 1 aromatic carbocycles. The zero-order chi connectivity index (χ0) is 17.0. The maximum absolute atomic E-state index is 11.9. The number of hydrazine groups is 1. The number of benzene rings is 1. The van der Waals surface area contributed by atoms with Crippen molar-refractivity contribution in [2.24, 2.45) is 0 Å². The highest BCUT2D eigenvalue weighted by Crippen LogP contribution is 2.21. The predicted octanol–water partition coefficient (Wildman–Crippen LogP) is 0.776. The third kappa shape index (κ3) is 4.11. The van der Waals surface area contributed by atoms with E-state index in [-0.39, 0.29) is 10.5 Å². The molecule has 1 aromatic heterocycles. The minimum Gasteiger partial charge on any atom is -0.478 e. The molecule has 0 bridgehead atoms. The van der Waals surface area contributed by atoms with Crippen molar-refractivity contribution in [3.05, 3.63) is 48.3 Å². The average molecular weight is 335 g/mol. The van der Waals surface area contributed by atoms with Crippen LogP contribution in [0.2, 0.25) is 0 Å². The summed E-state index contributed by atoms with van der Waals surface area (Å²) in [5.74, 6) is -1.64. The van der Waals surface area contributed by atoms with E-state index in [0.717, 1.165) is 0 Å². The van der Waals surface area contributed by atoms with Gasteiger partial charge < -0.3 is 5.11 Å². The van der Waals surface area contributed by atoms with Crippen LogP contribution in [0.1, 0.15) is 17.3 Å². The largest absolute Gasteiger partial charge is 0.478 e. The second-order valence-corrected chi connectivity index (χ2v) is 6.26. The molecule has 2 rings (SSSR count). The van der Waals surface area contributed by atoms with Gasteiger partial charge in [-0.05, 0) is 23.8 Å². The first-order valence-corrected chi connectivity index (χ1v) is 7.85.